The standard InChI is InChI=1S/C18H24F2N2O4/c1-5-25-16(23)11-7-13(19)10(6-14(11)20)12-8-21-9-15(12)22-17(24)26-18(2,3)4/h6-7,12,15,21H,5,8-9H2,1-4H3,(H,22,24). The van der Waals surface area contributed by atoms with Crippen molar-refractivity contribution in [3.63, 3.8) is 0 Å². The zero-order chi connectivity index (χ0) is 19.5. The summed E-state index contributed by atoms with van der Waals surface area (Å²) in [7, 11) is 0. The summed E-state index contributed by atoms with van der Waals surface area (Å²) in [6.45, 7) is 7.61. The molecule has 2 N–H and O–H groups in total. The minimum absolute atomic E-state index is 0.0655. The molecule has 0 aromatic heterocycles. The molecule has 2 atom stereocenters. The second kappa shape index (κ2) is 7.99. The number of carbonyl (C=O) groups excluding carboxylic acids is 2. The fourth-order valence-electron chi connectivity index (χ4n) is 2.83. The molecule has 1 aliphatic rings. The lowest BCUT2D eigenvalue weighted by molar-refractivity contribution is 0.0500. The molecule has 8 heteroatoms. The van der Waals surface area contributed by atoms with Gasteiger partial charge in [-0.2, -0.15) is 0 Å². The Morgan fingerprint density at radius 3 is 2.54 bits per heavy atom. The van der Waals surface area contributed by atoms with Crippen LogP contribution in [0, 0.1) is 11.6 Å². The maximum Gasteiger partial charge on any atom is 0.407 e. The van der Waals surface area contributed by atoms with Gasteiger partial charge in [-0.05, 0) is 45.4 Å². The maximum atomic E-state index is 14.5. The molecule has 0 bridgehead atoms. The van der Waals surface area contributed by atoms with Crippen LogP contribution in [0.5, 0.6) is 0 Å². The van der Waals surface area contributed by atoms with Crippen LogP contribution in [0.3, 0.4) is 0 Å². The number of ether oxygens (including phenoxy) is 2. The molecule has 144 valence electrons. The Hall–Kier alpha value is -2.22. The van der Waals surface area contributed by atoms with Crippen LogP contribution in [0.2, 0.25) is 0 Å². The van der Waals surface area contributed by atoms with Crippen LogP contribution < -0.4 is 10.6 Å². The molecule has 1 aromatic rings. The Labute approximate surface area is 151 Å². The monoisotopic (exact) mass is 370 g/mol. The van der Waals surface area contributed by atoms with Gasteiger partial charge >= 0.3 is 12.1 Å². The van der Waals surface area contributed by atoms with E-state index in [0.29, 0.717) is 13.1 Å². The minimum atomic E-state index is -0.913. The molecule has 1 amide bonds. The molecule has 6 nitrogen and oxygen atoms in total. The Kier molecular flexibility index (Phi) is 6.17. The number of rotatable bonds is 4. The highest BCUT2D eigenvalue weighted by Crippen LogP contribution is 2.28. The van der Waals surface area contributed by atoms with E-state index in [0.717, 1.165) is 12.1 Å². The van der Waals surface area contributed by atoms with Gasteiger partial charge in [0, 0.05) is 19.0 Å². The van der Waals surface area contributed by atoms with Gasteiger partial charge in [0.1, 0.15) is 17.2 Å². The number of alkyl carbamates (subject to hydrolysis) is 1. The lowest BCUT2D eigenvalue weighted by atomic mass is 9.92. The highest BCUT2D eigenvalue weighted by atomic mass is 19.1. The number of benzene rings is 1. The molecular formula is C18H24F2N2O4. The topological polar surface area (TPSA) is 76.7 Å². The van der Waals surface area contributed by atoms with E-state index in [1.807, 2.05) is 0 Å². The highest BCUT2D eigenvalue weighted by Gasteiger charge is 2.34. The largest absolute Gasteiger partial charge is 0.462 e. The van der Waals surface area contributed by atoms with Crippen LogP contribution in [0.25, 0.3) is 0 Å². The fraction of sp³-hybridized carbons (Fsp3) is 0.556. The first-order valence-electron chi connectivity index (χ1n) is 8.48. The van der Waals surface area contributed by atoms with E-state index >= 15 is 0 Å². The molecule has 1 saturated heterocycles. The van der Waals surface area contributed by atoms with E-state index in [1.165, 1.54) is 0 Å². The summed E-state index contributed by atoms with van der Waals surface area (Å²) in [5.41, 5.74) is -1.03. The van der Waals surface area contributed by atoms with Gasteiger partial charge in [0.15, 0.2) is 0 Å². The van der Waals surface area contributed by atoms with Gasteiger partial charge in [-0.3, -0.25) is 0 Å². The van der Waals surface area contributed by atoms with E-state index in [9.17, 15) is 18.4 Å². The van der Waals surface area contributed by atoms with Gasteiger partial charge in [-0.15, -0.1) is 0 Å². The van der Waals surface area contributed by atoms with Crippen molar-refractivity contribution in [2.24, 2.45) is 0 Å². The molecule has 0 spiro atoms. The minimum Gasteiger partial charge on any atom is -0.462 e. The molecule has 1 aromatic carbocycles. The fourth-order valence-corrected chi connectivity index (χ4v) is 2.83. The first kappa shape index (κ1) is 20.1. The van der Waals surface area contributed by atoms with Crippen LogP contribution in [0.15, 0.2) is 12.1 Å². The number of esters is 1. The van der Waals surface area contributed by atoms with Crippen LogP contribution in [-0.4, -0.2) is 43.4 Å². The number of carbonyl (C=O) groups is 2. The normalized spacial score (nSPS) is 19.9. The molecule has 26 heavy (non-hydrogen) atoms. The molecule has 2 unspecified atom stereocenters. The van der Waals surface area contributed by atoms with Gasteiger partial charge < -0.3 is 20.1 Å². The van der Waals surface area contributed by atoms with Gasteiger partial charge in [-0.1, -0.05) is 0 Å². The van der Waals surface area contributed by atoms with E-state index in [-0.39, 0.29) is 12.2 Å². The van der Waals surface area contributed by atoms with Crippen molar-refractivity contribution in [3.05, 3.63) is 34.9 Å². The zero-order valence-electron chi connectivity index (χ0n) is 15.3. The van der Waals surface area contributed by atoms with Crippen LogP contribution in [0.1, 0.15) is 49.5 Å². The van der Waals surface area contributed by atoms with E-state index in [2.05, 4.69) is 10.6 Å². The summed E-state index contributed by atoms with van der Waals surface area (Å²) in [6, 6.07) is 1.36. The molecule has 2 rings (SSSR count). The SMILES string of the molecule is CCOC(=O)c1cc(F)c(C2CNCC2NC(=O)OC(C)(C)C)cc1F. The van der Waals surface area contributed by atoms with E-state index < -0.39 is 46.8 Å². The van der Waals surface area contributed by atoms with Gasteiger partial charge in [0.05, 0.1) is 18.2 Å². The summed E-state index contributed by atoms with van der Waals surface area (Å²) in [6.07, 6.45) is -0.625. The van der Waals surface area contributed by atoms with Crippen LogP contribution >= 0.6 is 0 Å². The third-order valence-electron chi connectivity index (χ3n) is 3.90. The lowest BCUT2D eigenvalue weighted by Crippen LogP contribution is -2.42. The predicted molar refractivity (Wildman–Crippen MR) is 91.1 cm³/mol. The first-order chi connectivity index (χ1) is 12.1. The highest BCUT2D eigenvalue weighted by molar-refractivity contribution is 5.89. The molecular weight excluding hydrogens is 346 g/mol. The summed E-state index contributed by atoms with van der Waals surface area (Å²) >= 11 is 0. The van der Waals surface area contributed by atoms with E-state index in [1.54, 1.807) is 27.7 Å². The molecule has 0 saturated carbocycles. The molecule has 0 radical (unpaired) electrons. The number of amides is 1. The Morgan fingerprint density at radius 2 is 1.92 bits per heavy atom. The van der Waals surface area contributed by atoms with Crippen molar-refractivity contribution < 1.29 is 27.8 Å². The van der Waals surface area contributed by atoms with Crippen molar-refractivity contribution in [1.29, 1.82) is 0 Å². The Balaban J connectivity index is 2.20. The molecule has 1 fully saturated rings. The second-order valence-corrected chi connectivity index (χ2v) is 7.09. The van der Waals surface area contributed by atoms with Crippen LogP contribution in [-0.2, 0) is 9.47 Å². The zero-order valence-corrected chi connectivity index (χ0v) is 15.3. The summed E-state index contributed by atoms with van der Waals surface area (Å²) in [5, 5.41) is 5.73. The average molecular weight is 370 g/mol. The number of nitrogens with one attached hydrogen (secondary N) is 2. The van der Waals surface area contributed by atoms with Gasteiger partial charge in [0.2, 0.25) is 0 Å². The van der Waals surface area contributed by atoms with Crippen molar-refractivity contribution in [1.82, 2.24) is 10.6 Å². The molecule has 1 heterocycles. The maximum absolute atomic E-state index is 14.5. The quantitative estimate of drug-likeness (QED) is 0.797. The van der Waals surface area contributed by atoms with Crippen LogP contribution in [0.4, 0.5) is 13.6 Å². The smallest absolute Gasteiger partial charge is 0.407 e. The molecule has 0 aliphatic carbocycles. The molecule has 1 aliphatic heterocycles. The number of hydrogen-bond donors (Lipinski definition) is 2. The third-order valence-corrected chi connectivity index (χ3v) is 3.90. The Morgan fingerprint density at radius 1 is 1.23 bits per heavy atom. The van der Waals surface area contributed by atoms with E-state index in [4.69, 9.17) is 9.47 Å². The van der Waals surface area contributed by atoms with Gasteiger partial charge in [0.25, 0.3) is 0 Å². The number of hydrogen-bond acceptors (Lipinski definition) is 5. The lowest BCUT2D eigenvalue weighted by Gasteiger charge is -2.24. The van der Waals surface area contributed by atoms with Crippen molar-refractivity contribution in [3.8, 4) is 0 Å². The number of halogens is 2. The summed E-state index contributed by atoms with van der Waals surface area (Å²) < 4.78 is 38.7. The first-order valence-corrected chi connectivity index (χ1v) is 8.48. The predicted octanol–water partition coefficient (Wildman–Crippen LogP) is 2.72. The van der Waals surface area contributed by atoms with Crippen molar-refractivity contribution >= 4 is 12.1 Å². The van der Waals surface area contributed by atoms with Crippen molar-refractivity contribution in [2.75, 3.05) is 19.7 Å². The summed E-state index contributed by atoms with van der Waals surface area (Å²) in [4.78, 5) is 23.6. The second-order valence-electron chi connectivity index (χ2n) is 7.09. The average Bonchev–Trinajstić information content (AvgIpc) is 2.95. The third kappa shape index (κ3) is 4.91. The Bertz CT molecular complexity index is 689. The van der Waals surface area contributed by atoms with Crippen molar-refractivity contribution in [2.45, 2.75) is 45.3 Å². The van der Waals surface area contributed by atoms with Gasteiger partial charge in [-0.25, -0.2) is 18.4 Å². The summed E-state index contributed by atoms with van der Waals surface area (Å²) in [5.74, 6) is -2.99.